The number of aromatic nitrogens is 1. The van der Waals surface area contributed by atoms with Crippen LogP contribution in [0.2, 0.25) is 0 Å². The quantitative estimate of drug-likeness (QED) is 0.902. The minimum absolute atomic E-state index is 0.223. The number of para-hydroxylation sites is 1. The van der Waals surface area contributed by atoms with E-state index in [0.717, 1.165) is 18.6 Å². The van der Waals surface area contributed by atoms with Gasteiger partial charge in [0, 0.05) is 6.92 Å². The van der Waals surface area contributed by atoms with Crippen molar-refractivity contribution in [2.24, 2.45) is 0 Å². The summed E-state index contributed by atoms with van der Waals surface area (Å²) >= 11 is 0. The molecule has 1 aromatic carbocycles. The summed E-state index contributed by atoms with van der Waals surface area (Å²) in [6.45, 7) is 1.68. The van der Waals surface area contributed by atoms with Crippen LogP contribution in [0.15, 0.2) is 41.0 Å². The van der Waals surface area contributed by atoms with Crippen molar-refractivity contribution in [1.82, 2.24) is 10.3 Å². The van der Waals surface area contributed by atoms with Crippen molar-refractivity contribution in [2.75, 3.05) is 0 Å². The number of aliphatic hydroxyl groups excluding tert-OH is 1. The first-order chi connectivity index (χ1) is 11.1. The summed E-state index contributed by atoms with van der Waals surface area (Å²) < 4.78 is 10.9. The van der Waals surface area contributed by atoms with E-state index < -0.39 is 6.10 Å². The number of amides is 1. The fourth-order valence-electron chi connectivity index (χ4n) is 2.81. The Morgan fingerprint density at radius 2 is 2.13 bits per heavy atom. The van der Waals surface area contributed by atoms with E-state index in [1.807, 2.05) is 30.3 Å². The first-order valence-corrected chi connectivity index (χ1v) is 7.76. The number of hydrogen-bond donors (Lipinski definition) is 2. The summed E-state index contributed by atoms with van der Waals surface area (Å²) in [7, 11) is 0. The number of aliphatic hydroxyl groups is 1. The van der Waals surface area contributed by atoms with Crippen molar-refractivity contribution in [3.63, 3.8) is 0 Å². The van der Waals surface area contributed by atoms with Crippen LogP contribution in [0.3, 0.4) is 0 Å². The van der Waals surface area contributed by atoms with Gasteiger partial charge >= 0.3 is 0 Å². The molecule has 122 valence electrons. The standard InChI is InChI=1S/C17H20N2O4/c1-11-18-14(10-22-11)17(21)19-13-8-5-9-15(16(13)20)23-12-6-3-2-4-7-12/h2-4,6-7,10,13,15-16,20H,5,8-9H2,1H3,(H,19,21)/t13-,15-,16-/m1/s1. The van der Waals surface area contributed by atoms with Crippen LogP contribution in [0.1, 0.15) is 35.6 Å². The molecule has 1 heterocycles. The highest BCUT2D eigenvalue weighted by Crippen LogP contribution is 2.24. The summed E-state index contributed by atoms with van der Waals surface area (Å²) in [5.74, 6) is 0.812. The molecule has 0 unspecified atom stereocenters. The smallest absolute Gasteiger partial charge is 0.273 e. The largest absolute Gasteiger partial charge is 0.488 e. The maximum Gasteiger partial charge on any atom is 0.273 e. The van der Waals surface area contributed by atoms with Gasteiger partial charge in [0.15, 0.2) is 11.6 Å². The number of oxazole rings is 1. The molecule has 0 aliphatic heterocycles. The molecule has 1 aromatic heterocycles. The zero-order valence-electron chi connectivity index (χ0n) is 12.9. The van der Waals surface area contributed by atoms with Gasteiger partial charge in [0.2, 0.25) is 0 Å². The summed E-state index contributed by atoms with van der Waals surface area (Å²) in [6.07, 6.45) is 2.55. The fraction of sp³-hybridized carbons (Fsp3) is 0.412. The van der Waals surface area contributed by atoms with E-state index >= 15 is 0 Å². The molecule has 0 spiro atoms. The molecule has 1 fully saturated rings. The molecule has 2 N–H and O–H groups in total. The van der Waals surface area contributed by atoms with E-state index in [0.29, 0.717) is 12.3 Å². The number of ether oxygens (including phenoxy) is 1. The maximum atomic E-state index is 12.2. The molecule has 3 rings (SSSR count). The minimum Gasteiger partial charge on any atom is -0.488 e. The van der Waals surface area contributed by atoms with Crippen molar-refractivity contribution in [2.45, 2.75) is 44.4 Å². The lowest BCUT2D eigenvalue weighted by atomic mass is 9.89. The SMILES string of the molecule is Cc1nc(C(=O)N[C@@H]2CCC[C@@H](Oc3ccccc3)[C@@H]2O)co1. The van der Waals surface area contributed by atoms with Crippen molar-refractivity contribution < 1.29 is 19.1 Å². The van der Waals surface area contributed by atoms with Crippen molar-refractivity contribution in [3.05, 3.63) is 48.2 Å². The number of carbonyl (C=O) groups is 1. The third-order valence-corrected chi connectivity index (χ3v) is 4.00. The monoisotopic (exact) mass is 316 g/mol. The zero-order chi connectivity index (χ0) is 16.2. The Bertz CT molecular complexity index is 656. The zero-order valence-corrected chi connectivity index (χ0v) is 12.9. The third kappa shape index (κ3) is 3.71. The number of nitrogens with zero attached hydrogens (tertiary/aromatic N) is 1. The van der Waals surface area contributed by atoms with Gasteiger partial charge in [0.1, 0.15) is 24.2 Å². The van der Waals surface area contributed by atoms with Gasteiger partial charge in [-0.2, -0.15) is 0 Å². The van der Waals surface area contributed by atoms with Crippen LogP contribution < -0.4 is 10.1 Å². The van der Waals surface area contributed by atoms with Crippen LogP contribution in [-0.4, -0.2) is 34.2 Å². The van der Waals surface area contributed by atoms with Gasteiger partial charge in [-0.25, -0.2) is 4.98 Å². The van der Waals surface area contributed by atoms with E-state index in [-0.39, 0.29) is 23.7 Å². The molecule has 2 aromatic rings. The lowest BCUT2D eigenvalue weighted by Crippen LogP contribution is -2.52. The number of hydrogen-bond acceptors (Lipinski definition) is 5. The Hall–Kier alpha value is -2.34. The van der Waals surface area contributed by atoms with Crippen molar-refractivity contribution >= 4 is 5.91 Å². The highest BCUT2D eigenvalue weighted by Gasteiger charge is 2.34. The average molecular weight is 316 g/mol. The molecule has 3 atom stereocenters. The summed E-state index contributed by atoms with van der Waals surface area (Å²) in [5, 5.41) is 13.3. The Labute approximate surface area is 134 Å². The Balaban J connectivity index is 1.63. The van der Waals surface area contributed by atoms with Crippen LogP contribution in [0.5, 0.6) is 5.75 Å². The van der Waals surface area contributed by atoms with Gasteiger partial charge in [-0.3, -0.25) is 4.79 Å². The second kappa shape index (κ2) is 6.83. The number of benzene rings is 1. The van der Waals surface area contributed by atoms with Gasteiger partial charge in [-0.15, -0.1) is 0 Å². The number of rotatable bonds is 4. The summed E-state index contributed by atoms with van der Waals surface area (Å²) in [5.41, 5.74) is 0.223. The minimum atomic E-state index is -0.763. The second-order valence-electron chi connectivity index (χ2n) is 5.72. The van der Waals surface area contributed by atoms with E-state index in [1.54, 1.807) is 6.92 Å². The molecule has 1 aliphatic carbocycles. The van der Waals surface area contributed by atoms with E-state index in [2.05, 4.69) is 10.3 Å². The molecular formula is C17H20N2O4. The van der Waals surface area contributed by atoms with Gasteiger partial charge < -0.3 is 19.6 Å². The first kappa shape index (κ1) is 15.6. The van der Waals surface area contributed by atoms with Crippen LogP contribution in [0, 0.1) is 6.92 Å². The lowest BCUT2D eigenvalue weighted by molar-refractivity contribution is -0.0141. The highest BCUT2D eigenvalue weighted by molar-refractivity contribution is 5.92. The molecular weight excluding hydrogens is 296 g/mol. The van der Waals surface area contributed by atoms with Crippen molar-refractivity contribution in [3.8, 4) is 5.75 Å². The third-order valence-electron chi connectivity index (χ3n) is 4.00. The van der Waals surface area contributed by atoms with Crippen LogP contribution in [-0.2, 0) is 0 Å². The second-order valence-corrected chi connectivity index (χ2v) is 5.72. The number of aryl methyl sites for hydroxylation is 1. The van der Waals surface area contributed by atoms with Crippen LogP contribution in [0.25, 0.3) is 0 Å². The molecule has 0 radical (unpaired) electrons. The molecule has 1 aliphatic rings. The lowest BCUT2D eigenvalue weighted by Gasteiger charge is -2.35. The van der Waals surface area contributed by atoms with Gasteiger partial charge in [-0.1, -0.05) is 18.2 Å². The van der Waals surface area contributed by atoms with E-state index in [1.165, 1.54) is 6.26 Å². The fourth-order valence-corrected chi connectivity index (χ4v) is 2.81. The maximum absolute atomic E-state index is 12.2. The number of carbonyl (C=O) groups excluding carboxylic acids is 1. The summed E-state index contributed by atoms with van der Waals surface area (Å²) in [4.78, 5) is 16.1. The Morgan fingerprint density at radius 1 is 1.35 bits per heavy atom. The Kier molecular flexibility index (Phi) is 4.62. The van der Waals surface area contributed by atoms with E-state index in [4.69, 9.17) is 9.15 Å². The number of nitrogens with one attached hydrogen (secondary N) is 1. The van der Waals surface area contributed by atoms with Crippen LogP contribution >= 0.6 is 0 Å². The topological polar surface area (TPSA) is 84.6 Å². The Morgan fingerprint density at radius 3 is 2.83 bits per heavy atom. The molecule has 6 heteroatoms. The molecule has 23 heavy (non-hydrogen) atoms. The summed E-state index contributed by atoms with van der Waals surface area (Å²) in [6, 6.07) is 9.03. The molecule has 1 amide bonds. The average Bonchev–Trinajstić information content (AvgIpc) is 2.99. The van der Waals surface area contributed by atoms with Gasteiger partial charge in [0.25, 0.3) is 5.91 Å². The van der Waals surface area contributed by atoms with Gasteiger partial charge in [-0.05, 0) is 31.4 Å². The van der Waals surface area contributed by atoms with E-state index in [9.17, 15) is 9.90 Å². The first-order valence-electron chi connectivity index (χ1n) is 7.76. The highest BCUT2D eigenvalue weighted by atomic mass is 16.5. The normalized spacial score (nSPS) is 24.2. The van der Waals surface area contributed by atoms with Gasteiger partial charge in [0.05, 0.1) is 6.04 Å². The predicted molar refractivity (Wildman–Crippen MR) is 83.2 cm³/mol. The van der Waals surface area contributed by atoms with Crippen molar-refractivity contribution in [1.29, 1.82) is 0 Å². The molecule has 1 saturated carbocycles. The molecule has 0 saturated heterocycles. The molecule has 6 nitrogen and oxygen atoms in total. The van der Waals surface area contributed by atoms with Crippen LogP contribution in [0.4, 0.5) is 0 Å². The predicted octanol–water partition coefficient (Wildman–Crippen LogP) is 2.07. The molecule has 0 bridgehead atoms.